The van der Waals surface area contributed by atoms with E-state index in [1.165, 1.54) is 0 Å². The zero-order valence-electron chi connectivity index (χ0n) is 18.5. The Bertz CT molecular complexity index is 1430. The minimum Gasteiger partial charge on any atom is -0.322 e. The molecule has 0 spiro atoms. The maximum Gasteiger partial charge on any atom is 0.266 e. The first-order chi connectivity index (χ1) is 17.0. The van der Waals surface area contributed by atoms with Crippen LogP contribution in [-0.2, 0) is 6.54 Å². The number of carbonyl (C=O) groups excluding carboxylic acids is 4. The predicted molar refractivity (Wildman–Crippen MR) is 129 cm³/mol. The summed E-state index contributed by atoms with van der Waals surface area (Å²) in [5, 5.41) is 2.82. The quantitative estimate of drug-likeness (QED) is 0.267. The number of carbonyl (C=O) groups is 4. The van der Waals surface area contributed by atoms with E-state index in [0.29, 0.717) is 33.6 Å². The van der Waals surface area contributed by atoms with Gasteiger partial charge in [-0.2, -0.15) is 4.57 Å². The zero-order chi connectivity index (χ0) is 24.4. The van der Waals surface area contributed by atoms with Gasteiger partial charge in [0.2, 0.25) is 12.3 Å². The molecule has 0 unspecified atom stereocenters. The van der Waals surface area contributed by atoms with E-state index in [1.54, 1.807) is 89.8 Å². The number of rotatable bonds is 6. The number of aromatic nitrogens is 1. The third kappa shape index (κ3) is 4.35. The number of para-hydroxylation sites is 1. The third-order valence-electron chi connectivity index (χ3n) is 5.72. The Morgan fingerprint density at radius 2 is 1.34 bits per heavy atom. The van der Waals surface area contributed by atoms with Crippen LogP contribution in [0.3, 0.4) is 0 Å². The van der Waals surface area contributed by atoms with Crippen molar-refractivity contribution in [1.82, 2.24) is 0 Å². The summed E-state index contributed by atoms with van der Waals surface area (Å²) in [5.41, 5.74) is 2.67. The highest BCUT2D eigenvalue weighted by atomic mass is 16.2. The van der Waals surface area contributed by atoms with Gasteiger partial charge in [0.1, 0.15) is 5.56 Å². The highest BCUT2D eigenvalue weighted by Gasteiger charge is 2.36. The Balaban J connectivity index is 1.28. The maximum atomic E-state index is 12.9. The molecule has 5 rings (SSSR count). The normalized spacial score (nSPS) is 12.4. The van der Waals surface area contributed by atoms with Gasteiger partial charge in [-0.25, -0.2) is 4.90 Å². The molecule has 7 nitrogen and oxygen atoms in total. The topological polar surface area (TPSA) is 87.4 Å². The Kier molecular flexibility index (Phi) is 5.73. The van der Waals surface area contributed by atoms with Crippen LogP contribution < -0.4 is 14.8 Å². The molecule has 0 bridgehead atoms. The monoisotopic (exact) mass is 462 g/mol. The minimum atomic E-state index is -0.383. The van der Waals surface area contributed by atoms with Crippen molar-refractivity contribution >= 4 is 34.9 Å². The lowest BCUT2D eigenvalue weighted by molar-refractivity contribution is -0.683. The van der Waals surface area contributed by atoms with E-state index >= 15 is 0 Å². The largest absolute Gasteiger partial charge is 0.322 e. The van der Waals surface area contributed by atoms with Crippen LogP contribution in [0.4, 0.5) is 11.4 Å². The molecule has 3 aromatic carbocycles. The van der Waals surface area contributed by atoms with Gasteiger partial charge in [-0.1, -0.05) is 30.3 Å². The fourth-order valence-corrected chi connectivity index (χ4v) is 3.96. The fraction of sp³-hybridized carbons (Fsp3) is 0.0357. The summed E-state index contributed by atoms with van der Waals surface area (Å²) < 4.78 is 1.64. The number of ketones is 1. The van der Waals surface area contributed by atoms with Crippen LogP contribution in [0, 0.1) is 0 Å². The number of pyridine rings is 1. The molecule has 0 atom stereocenters. The van der Waals surface area contributed by atoms with Crippen LogP contribution >= 0.6 is 0 Å². The highest BCUT2D eigenvalue weighted by Crippen LogP contribution is 2.28. The molecule has 1 aliphatic heterocycles. The Labute approximate surface area is 201 Å². The summed E-state index contributed by atoms with van der Waals surface area (Å²) >= 11 is 0. The molecule has 35 heavy (non-hydrogen) atoms. The Morgan fingerprint density at radius 3 is 2.00 bits per heavy atom. The molecule has 0 fully saturated rings. The standard InChI is InChI=1S/C28H19N3O4/c32-25(18-30-16-6-7-20(17-30)26(33)29-21-8-2-1-3-9-21)19-12-14-22(15-13-19)31-27(34)23-10-4-5-11-24(23)28(31)35/h1-17H,18H2/p+1. The molecule has 0 radical (unpaired) electrons. The van der Waals surface area contributed by atoms with Crippen LogP contribution in [0.5, 0.6) is 0 Å². The summed E-state index contributed by atoms with van der Waals surface area (Å²) in [4.78, 5) is 51.9. The second-order valence-electron chi connectivity index (χ2n) is 8.05. The molecule has 0 saturated carbocycles. The van der Waals surface area contributed by atoms with Gasteiger partial charge in [-0.3, -0.25) is 19.2 Å². The number of nitrogens with one attached hydrogen (secondary N) is 1. The number of hydrogen-bond acceptors (Lipinski definition) is 4. The van der Waals surface area contributed by atoms with E-state index in [0.717, 1.165) is 4.90 Å². The summed E-state index contributed by atoms with van der Waals surface area (Å²) in [5.74, 6) is -1.22. The molecule has 0 saturated heterocycles. The number of nitrogens with zero attached hydrogens (tertiary/aromatic N) is 2. The van der Waals surface area contributed by atoms with Crippen LogP contribution in [0.25, 0.3) is 0 Å². The van der Waals surface area contributed by atoms with Crippen LogP contribution in [-0.4, -0.2) is 23.5 Å². The van der Waals surface area contributed by atoms with Crippen molar-refractivity contribution in [2.75, 3.05) is 10.2 Å². The summed E-state index contributed by atoms with van der Waals surface area (Å²) in [6.07, 6.45) is 3.33. The Morgan fingerprint density at radius 1 is 0.714 bits per heavy atom. The lowest BCUT2D eigenvalue weighted by atomic mass is 10.1. The van der Waals surface area contributed by atoms with Gasteiger partial charge in [0, 0.05) is 17.3 Å². The average molecular weight is 462 g/mol. The van der Waals surface area contributed by atoms with E-state index in [-0.39, 0.29) is 30.0 Å². The van der Waals surface area contributed by atoms with Crippen molar-refractivity contribution in [3.8, 4) is 0 Å². The lowest BCUT2D eigenvalue weighted by Gasteiger charge is -2.14. The Hall–Kier alpha value is -4.91. The van der Waals surface area contributed by atoms with E-state index < -0.39 is 0 Å². The minimum absolute atomic E-state index is 0.0266. The third-order valence-corrected chi connectivity index (χ3v) is 5.72. The van der Waals surface area contributed by atoms with Crippen molar-refractivity contribution in [3.05, 3.63) is 126 Å². The molecule has 2 heterocycles. The lowest BCUT2D eigenvalue weighted by Crippen LogP contribution is -2.38. The molecule has 0 aliphatic carbocycles. The molecule has 7 heteroatoms. The van der Waals surface area contributed by atoms with E-state index in [4.69, 9.17) is 0 Å². The average Bonchev–Trinajstić information content (AvgIpc) is 3.15. The number of anilines is 2. The SMILES string of the molecule is O=C(C[n+]1cccc(C(=O)Nc2ccccc2)c1)c1ccc(N2C(=O)c3ccccc3C2=O)cc1. The number of Topliss-reactive ketones (excluding diaryl/α,β-unsaturated/α-hetero) is 1. The number of hydrogen-bond donors (Lipinski definition) is 1. The van der Waals surface area contributed by atoms with Gasteiger partial charge in [0.05, 0.1) is 16.8 Å². The number of benzene rings is 3. The number of amides is 3. The van der Waals surface area contributed by atoms with Gasteiger partial charge in [-0.15, -0.1) is 0 Å². The van der Waals surface area contributed by atoms with E-state index in [9.17, 15) is 19.2 Å². The van der Waals surface area contributed by atoms with Crippen LogP contribution in [0.15, 0.2) is 103 Å². The molecule has 170 valence electrons. The number of fused-ring (bicyclic) bond motifs is 1. The molecule has 1 N–H and O–H groups in total. The first-order valence-electron chi connectivity index (χ1n) is 11.0. The fourth-order valence-electron chi connectivity index (χ4n) is 3.96. The predicted octanol–water partition coefficient (Wildman–Crippen LogP) is 3.91. The van der Waals surface area contributed by atoms with Crippen molar-refractivity contribution in [2.24, 2.45) is 0 Å². The molecular weight excluding hydrogens is 442 g/mol. The van der Waals surface area contributed by atoms with Gasteiger partial charge in [0.15, 0.2) is 12.4 Å². The van der Waals surface area contributed by atoms with Crippen molar-refractivity contribution in [1.29, 1.82) is 0 Å². The smallest absolute Gasteiger partial charge is 0.266 e. The van der Waals surface area contributed by atoms with Gasteiger partial charge in [0.25, 0.3) is 17.7 Å². The summed E-state index contributed by atoms with van der Waals surface area (Å²) in [7, 11) is 0. The van der Waals surface area contributed by atoms with Crippen LogP contribution in [0.2, 0.25) is 0 Å². The second-order valence-corrected chi connectivity index (χ2v) is 8.05. The van der Waals surface area contributed by atoms with Gasteiger partial charge >= 0.3 is 0 Å². The van der Waals surface area contributed by atoms with Crippen LogP contribution in [0.1, 0.15) is 41.4 Å². The molecule has 1 aliphatic rings. The second kappa shape index (κ2) is 9.15. The highest BCUT2D eigenvalue weighted by molar-refractivity contribution is 6.34. The molecule has 4 aromatic rings. The summed E-state index contributed by atoms with van der Waals surface area (Å²) in [6.45, 7) is 0.0266. The number of imide groups is 1. The van der Waals surface area contributed by atoms with Gasteiger partial charge < -0.3 is 5.32 Å². The molecule has 3 amide bonds. The van der Waals surface area contributed by atoms with Crippen molar-refractivity contribution in [2.45, 2.75) is 6.54 Å². The van der Waals surface area contributed by atoms with Crippen molar-refractivity contribution in [3.63, 3.8) is 0 Å². The summed E-state index contributed by atoms with van der Waals surface area (Å²) in [6, 6.07) is 25.5. The first kappa shape index (κ1) is 21.9. The van der Waals surface area contributed by atoms with E-state index in [1.807, 2.05) is 18.2 Å². The zero-order valence-corrected chi connectivity index (χ0v) is 18.5. The first-order valence-corrected chi connectivity index (χ1v) is 11.0. The molecule has 1 aromatic heterocycles. The maximum absolute atomic E-state index is 12.9. The molecular formula is C28H20N3O4+. The van der Waals surface area contributed by atoms with Gasteiger partial charge in [-0.05, 0) is 54.6 Å². The van der Waals surface area contributed by atoms with E-state index in [2.05, 4.69) is 5.32 Å². The van der Waals surface area contributed by atoms with Crippen molar-refractivity contribution < 1.29 is 23.7 Å².